The molecule has 1 heterocycles. The van der Waals surface area contributed by atoms with Crippen molar-refractivity contribution in [2.24, 2.45) is 7.05 Å². The number of sulfonamides is 1. The second kappa shape index (κ2) is 6.85. The van der Waals surface area contributed by atoms with Crippen molar-refractivity contribution < 1.29 is 23.1 Å². The van der Waals surface area contributed by atoms with Crippen LogP contribution in [0, 0.1) is 20.8 Å². The second-order valence-electron chi connectivity index (χ2n) is 5.75. The molecule has 0 amide bonds. The van der Waals surface area contributed by atoms with Gasteiger partial charge in [-0.1, -0.05) is 6.07 Å². The quantitative estimate of drug-likeness (QED) is 0.800. The zero-order chi connectivity index (χ0) is 18.9. The lowest BCUT2D eigenvalue weighted by molar-refractivity contribution is -0.139. The van der Waals surface area contributed by atoms with Gasteiger partial charge in [-0.2, -0.15) is 9.82 Å². The Morgan fingerprint density at radius 2 is 1.96 bits per heavy atom. The Balaban J connectivity index is 2.53. The van der Waals surface area contributed by atoms with Gasteiger partial charge < -0.3 is 9.84 Å². The minimum atomic E-state index is -4.14. The number of aryl methyl sites for hydroxylation is 3. The van der Waals surface area contributed by atoms with Crippen LogP contribution in [0.2, 0.25) is 0 Å². The van der Waals surface area contributed by atoms with Gasteiger partial charge in [-0.3, -0.25) is 9.48 Å². The van der Waals surface area contributed by atoms with Crippen LogP contribution in [0.25, 0.3) is 0 Å². The molecule has 0 fully saturated rings. The van der Waals surface area contributed by atoms with E-state index < -0.39 is 22.0 Å². The molecule has 0 bridgehead atoms. The van der Waals surface area contributed by atoms with Gasteiger partial charge in [0.15, 0.2) is 0 Å². The molecule has 0 aliphatic carbocycles. The van der Waals surface area contributed by atoms with E-state index in [9.17, 15) is 18.3 Å². The Morgan fingerprint density at radius 1 is 1.32 bits per heavy atom. The number of carboxylic acids is 1. The summed E-state index contributed by atoms with van der Waals surface area (Å²) in [4.78, 5) is 11.6. The van der Waals surface area contributed by atoms with Crippen molar-refractivity contribution in [2.45, 2.75) is 31.7 Å². The van der Waals surface area contributed by atoms with E-state index >= 15 is 0 Å². The van der Waals surface area contributed by atoms with Crippen molar-refractivity contribution in [3.05, 3.63) is 40.7 Å². The Bertz CT molecular complexity index is 918. The first kappa shape index (κ1) is 18.9. The normalized spacial score (nSPS) is 12.8. The summed E-state index contributed by atoms with van der Waals surface area (Å²) in [5.74, 6) is -1.17. The minimum absolute atomic E-state index is 0.111. The van der Waals surface area contributed by atoms with Crippen LogP contribution in [-0.4, -0.2) is 36.4 Å². The highest BCUT2D eigenvalue weighted by atomic mass is 32.2. The molecule has 0 radical (unpaired) electrons. The van der Waals surface area contributed by atoms with Crippen LogP contribution in [-0.2, 0) is 21.9 Å². The van der Waals surface area contributed by atoms with Gasteiger partial charge in [0, 0.05) is 18.3 Å². The second-order valence-corrected chi connectivity index (χ2v) is 7.44. The standard InChI is InChI=1S/C16H21N3O5S/c1-9-6-7-12(24-5)13(8-9)25(22,23)18-15(16(20)21)14-10(2)17-19(4)11(14)3/h6-8,15,18H,1-5H3,(H,20,21). The molecule has 0 aliphatic heterocycles. The van der Waals surface area contributed by atoms with E-state index in [1.807, 2.05) is 0 Å². The Hall–Kier alpha value is -2.39. The number of aliphatic carboxylic acids is 1. The van der Waals surface area contributed by atoms with Gasteiger partial charge in [-0.15, -0.1) is 0 Å². The summed E-state index contributed by atoms with van der Waals surface area (Å²) in [6.07, 6.45) is 0. The van der Waals surface area contributed by atoms with Gasteiger partial charge >= 0.3 is 5.97 Å². The molecule has 8 nitrogen and oxygen atoms in total. The van der Waals surface area contributed by atoms with Gasteiger partial charge in [0.25, 0.3) is 0 Å². The first-order valence-electron chi connectivity index (χ1n) is 7.48. The summed E-state index contributed by atoms with van der Waals surface area (Å²) >= 11 is 0. The monoisotopic (exact) mass is 367 g/mol. The van der Waals surface area contributed by atoms with Gasteiger partial charge in [0.2, 0.25) is 10.0 Å². The minimum Gasteiger partial charge on any atom is -0.495 e. The van der Waals surface area contributed by atoms with E-state index in [0.717, 1.165) is 0 Å². The molecular weight excluding hydrogens is 346 g/mol. The Labute approximate surface area is 146 Å². The molecule has 1 unspecified atom stereocenters. The Kier molecular flexibility index (Phi) is 5.19. The third-order valence-corrected chi connectivity index (χ3v) is 5.43. The number of nitrogens with zero attached hydrogens (tertiary/aromatic N) is 2. The third-order valence-electron chi connectivity index (χ3n) is 3.98. The van der Waals surface area contributed by atoms with Gasteiger partial charge in [-0.25, -0.2) is 8.42 Å². The predicted molar refractivity (Wildman–Crippen MR) is 91.1 cm³/mol. The number of methoxy groups -OCH3 is 1. The molecule has 2 rings (SSSR count). The fourth-order valence-corrected chi connectivity index (χ4v) is 4.07. The third kappa shape index (κ3) is 3.67. The van der Waals surface area contributed by atoms with Crippen LogP contribution < -0.4 is 9.46 Å². The van der Waals surface area contributed by atoms with Crippen LogP contribution >= 0.6 is 0 Å². The maximum Gasteiger partial charge on any atom is 0.326 e. The van der Waals surface area contributed by atoms with E-state index in [2.05, 4.69) is 9.82 Å². The average Bonchev–Trinajstić information content (AvgIpc) is 2.77. The summed E-state index contributed by atoms with van der Waals surface area (Å²) in [7, 11) is -1.11. The molecule has 9 heteroatoms. The van der Waals surface area contributed by atoms with E-state index in [4.69, 9.17) is 4.74 Å². The first-order valence-corrected chi connectivity index (χ1v) is 8.96. The maximum absolute atomic E-state index is 12.8. The molecule has 0 saturated heterocycles. The molecule has 0 aliphatic rings. The fraction of sp³-hybridized carbons (Fsp3) is 0.375. The lowest BCUT2D eigenvalue weighted by atomic mass is 10.1. The molecule has 136 valence electrons. The van der Waals surface area contributed by atoms with Crippen molar-refractivity contribution in [3.63, 3.8) is 0 Å². The van der Waals surface area contributed by atoms with Crippen molar-refractivity contribution >= 4 is 16.0 Å². The summed E-state index contributed by atoms with van der Waals surface area (Å²) in [6, 6.07) is 3.22. The highest BCUT2D eigenvalue weighted by molar-refractivity contribution is 7.89. The van der Waals surface area contributed by atoms with Crippen LogP contribution in [0.3, 0.4) is 0 Å². The van der Waals surface area contributed by atoms with Crippen molar-refractivity contribution in [2.75, 3.05) is 7.11 Å². The fourth-order valence-electron chi connectivity index (χ4n) is 2.65. The zero-order valence-corrected chi connectivity index (χ0v) is 15.5. The van der Waals surface area contributed by atoms with E-state index in [0.29, 0.717) is 22.5 Å². The molecular formula is C16H21N3O5S. The number of rotatable bonds is 6. The van der Waals surface area contributed by atoms with Gasteiger partial charge in [0.1, 0.15) is 16.7 Å². The van der Waals surface area contributed by atoms with Crippen LogP contribution in [0.15, 0.2) is 23.1 Å². The topological polar surface area (TPSA) is 111 Å². The molecule has 0 spiro atoms. The molecule has 2 N–H and O–H groups in total. The van der Waals surface area contributed by atoms with E-state index in [-0.39, 0.29) is 10.6 Å². The van der Waals surface area contributed by atoms with Crippen LogP contribution in [0.1, 0.15) is 28.6 Å². The van der Waals surface area contributed by atoms with E-state index in [1.165, 1.54) is 23.9 Å². The average molecular weight is 367 g/mol. The Morgan fingerprint density at radius 3 is 2.44 bits per heavy atom. The summed E-state index contributed by atoms with van der Waals surface area (Å²) in [5, 5.41) is 13.7. The van der Waals surface area contributed by atoms with Crippen LogP contribution in [0.4, 0.5) is 0 Å². The molecule has 25 heavy (non-hydrogen) atoms. The number of ether oxygens (including phenoxy) is 1. The molecule has 2 aromatic rings. The zero-order valence-electron chi connectivity index (χ0n) is 14.7. The number of hydrogen-bond donors (Lipinski definition) is 2. The highest BCUT2D eigenvalue weighted by Crippen LogP contribution is 2.28. The smallest absolute Gasteiger partial charge is 0.326 e. The SMILES string of the molecule is COc1ccc(C)cc1S(=O)(=O)NC(C(=O)O)c1c(C)nn(C)c1C. The van der Waals surface area contributed by atoms with Crippen molar-refractivity contribution in [1.29, 1.82) is 0 Å². The number of benzene rings is 1. The first-order chi connectivity index (χ1) is 11.6. The number of carbonyl (C=O) groups is 1. The summed E-state index contributed by atoms with van der Waals surface area (Å²) in [6.45, 7) is 5.06. The number of aromatic nitrogens is 2. The van der Waals surface area contributed by atoms with Crippen LogP contribution in [0.5, 0.6) is 5.75 Å². The molecule has 0 saturated carbocycles. The molecule has 1 aromatic heterocycles. The van der Waals surface area contributed by atoms with Gasteiger partial charge in [-0.05, 0) is 38.5 Å². The number of carboxylic acid groups (broad SMARTS) is 1. The predicted octanol–water partition coefficient (Wildman–Crippen LogP) is 1.46. The lowest BCUT2D eigenvalue weighted by Crippen LogP contribution is -2.34. The largest absolute Gasteiger partial charge is 0.495 e. The maximum atomic E-state index is 12.8. The summed E-state index contributed by atoms with van der Waals surface area (Å²) < 4.78 is 34.5. The molecule has 1 atom stereocenters. The van der Waals surface area contributed by atoms with Gasteiger partial charge in [0.05, 0.1) is 12.8 Å². The number of hydrogen-bond acceptors (Lipinski definition) is 5. The van der Waals surface area contributed by atoms with E-state index in [1.54, 1.807) is 33.9 Å². The van der Waals surface area contributed by atoms with Crippen molar-refractivity contribution in [1.82, 2.24) is 14.5 Å². The summed E-state index contributed by atoms with van der Waals surface area (Å²) in [5.41, 5.74) is 2.06. The lowest BCUT2D eigenvalue weighted by Gasteiger charge is -2.17. The molecule has 1 aromatic carbocycles. The van der Waals surface area contributed by atoms with Crippen molar-refractivity contribution in [3.8, 4) is 5.75 Å². The highest BCUT2D eigenvalue weighted by Gasteiger charge is 2.32. The number of nitrogens with one attached hydrogen (secondary N) is 1.